The maximum atomic E-state index is 11.2. The van der Waals surface area contributed by atoms with Crippen LogP contribution >= 0.6 is 0 Å². The Morgan fingerprint density at radius 2 is 2.29 bits per heavy atom. The Morgan fingerprint density at radius 1 is 1.57 bits per heavy atom. The predicted octanol–water partition coefficient (Wildman–Crippen LogP) is -0.866. The Kier molecular flexibility index (Phi) is 2.98. The van der Waals surface area contributed by atoms with Gasteiger partial charge in [-0.1, -0.05) is 0 Å². The minimum atomic E-state index is -0.245. The van der Waals surface area contributed by atoms with Crippen molar-refractivity contribution in [1.29, 1.82) is 0 Å². The van der Waals surface area contributed by atoms with Gasteiger partial charge in [-0.15, -0.1) is 11.5 Å². The minimum Gasteiger partial charge on any atom is -0.450 e. The van der Waals surface area contributed by atoms with Crippen LogP contribution in [0.5, 0.6) is 6.01 Å². The van der Waals surface area contributed by atoms with Gasteiger partial charge in [0.2, 0.25) is 0 Å². The zero-order chi connectivity index (χ0) is 10.6. The fourth-order valence-corrected chi connectivity index (χ4v) is 0.851. The van der Waals surface area contributed by atoms with Gasteiger partial charge >= 0.3 is 11.7 Å². The second-order valence-electron chi connectivity index (χ2n) is 2.48. The van der Waals surface area contributed by atoms with Crippen LogP contribution < -0.4 is 10.4 Å². The lowest BCUT2D eigenvalue weighted by Crippen LogP contribution is -2.20. The summed E-state index contributed by atoms with van der Waals surface area (Å²) in [6, 6.07) is 0.226. The summed E-state index contributed by atoms with van der Waals surface area (Å²) in [5, 5.41) is 3.83. The van der Waals surface area contributed by atoms with E-state index in [1.54, 1.807) is 14.1 Å². The second kappa shape index (κ2) is 4.20. The molecule has 0 aliphatic carbocycles. The molecule has 0 spiro atoms. The molecule has 72 valence electrons. The number of hydrogen-bond acceptors (Lipinski definition) is 3. The molecule has 0 amide bonds. The largest absolute Gasteiger partial charge is 0.450 e. The molecule has 0 unspecified atom stereocenters. The third-order valence-corrected chi connectivity index (χ3v) is 1.52. The number of aromatic nitrogens is 3. The van der Waals surface area contributed by atoms with E-state index in [1.165, 1.54) is 9.25 Å². The van der Waals surface area contributed by atoms with Gasteiger partial charge in [0.15, 0.2) is 6.61 Å². The second-order valence-corrected chi connectivity index (χ2v) is 2.48. The number of nitrogens with zero attached hydrogens (tertiary/aromatic N) is 3. The topological polar surface area (TPSA) is 49.1 Å². The van der Waals surface area contributed by atoms with E-state index in [2.05, 4.69) is 22.9 Å². The van der Waals surface area contributed by atoms with E-state index < -0.39 is 0 Å². The number of aryl methyl sites for hydroxylation is 1. The molecular formula is C9H9N3O2. The smallest absolute Gasteiger partial charge is 0.348 e. The summed E-state index contributed by atoms with van der Waals surface area (Å²) in [6.45, 7) is 0.120. The van der Waals surface area contributed by atoms with Crippen LogP contribution in [0.15, 0.2) is 4.79 Å². The number of rotatable bonds is 2. The van der Waals surface area contributed by atoms with Crippen LogP contribution in [0.4, 0.5) is 0 Å². The lowest BCUT2D eigenvalue weighted by Gasteiger charge is -1.96. The molecule has 1 heterocycles. The van der Waals surface area contributed by atoms with Gasteiger partial charge < -0.3 is 4.74 Å². The third-order valence-electron chi connectivity index (χ3n) is 1.52. The van der Waals surface area contributed by atoms with Gasteiger partial charge in [-0.05, 0) is 17.8 Å². The van der Waals surface area contributed by atoms with E-state index in [0.29, 0.717) is 0 Å². The molecule has 0 saturated heterocycles. The highest BCUT2D eigenvalue weighted by Gasteiger charge is 2.06. The molecule has 0 saturated carbocycles. The summed E-state index contributed by atoms with van der Waals surface area (Å²) in [6.07, 6.45) is 4.91. The maximum absolute atomic E-state index is 11.2. The van der Waals surface area contributed by atoms with E-state index in [4.69, 9.17) is 11.2 Å². The molecule has 1 aromatic rings. The summed E-state index contributed by atoms with van der Waals surface area (Å²) >= 11 is 0. The monoisotopic (exact) mass is 191 g/mol. The molecule has 0 fully saturated rings. The highest BCUT2D eigenvalue weighted by atomic mass is 16.5. The van der Waals surface area contributed by atoms with Crippen molar-refractivity contribution < 1.29 is 4.74 Å². The number of hydrogen-bond donors (Lipinski definition) is 0. The quantitative estimate of drug-likeness (QED) is 0.571. The molecule has 5 heteroatoms. The zero-order valence-electron chi connectivity index (χ0n) is 7.94. The molecule has 1 aromatic heterocycles. The molecule has 0 aliphatic heterocycles. The summed E-state index contributed by atoms with van der Waals surface area (Å²) < 4.78 is 7.58. The first-order valence-corrected chi connectivity index (χ1v) is 3.83. The Hall–Kier alpha value is -2.14. The van der Waals surface area contributed by atoms with Crippen LogP contribution in [-0.2, 0) is 14.1 Å². The van der Waals surface area contributed by atoms with Crippen molar-refractivity contribution in [1.82, 2.24) is 14.3 Å². The first kappa shape index (κ1) is 9.94. The molecule has 0 radical (unpaired) electrons. The van der Waals surface area contributed by atoms with E-state index in [1.807, 2.05) is 0 Å². The summed E-state index contributed by atoms with van der Waals surface area (Å²) in [4.78, 5) is 11.2. The normalized spacial score (nSPS) is 8.64. The van der Waals surface area contributed by atoms with Crippen LogP contribution in [0.25, 0.3) is 0 Å². The number of terminal acetylenes is 1. The first-order valence-electron chi connectivity index (χ1n) is 3.83. The third kappa shape index (κ3) is 1.96. The Labute approximate surface area is 81.3 Å². The van der Waals surface area contributed by atoms with E-state index >= 15 is 0 Å². The molecule has 0 atom stereocenters. The van der Waals surface area contributed by atoms with Gasteiger partial charge in [-0.2, -0.15) is 0 Å². The Balaban J connectivity index is 2.74. The van der Waals surface area contributed by atoms with E-state index in [0.717, 1.165) is 0 Å². The summed E-state index contributed by atoms with van der Waals surface area (Å²) in [7, 11) is 3.11. The van der Waals surface area contributed by atoms with Crippen molar-refractivity contribution in [3.8, 4) is 30.2 Å². The van der Waals surface area contributed by atoms with Crippen molar-refractivity contribution >= 4 is 0 Å². The van der Waals surface area contributed by atoms with Gasteiger partial charge in [0.1, 0.15) is 0 Å². The lowest BCUT2D eigenvalue weighted by atomic mass is 10.6. The van der Waals surface area contributed by atoms with Gasteiger partial charge in [0.25, 0.3) is 0 Å². The number of ether oxygens (including phenoxy) is 1. The van der Waals surface area contributed by atoms with Gasteiger partial charge in [-0.3, -0.25) is 0 Å². The van der Waals surface area contributed by atoms with Crippen LogP contribution in [0.3, 0.4) is 0 Å². The average Bonchev–Trinajstić information content (AvgIpc) is 2.41. The SMILES string of the molecule is C#CC#CCOc1nn(C)c(=O)n1C. The fourth-order valence-electron chi connectivity index (χ4n) is 0.851. The van der Waals surface area contributed by atoms with Crippen molar-refractivity contribution in [2.24, 2.45) is 14.1 Å². The Bertz CT molecular complexity index is 479. The molecule has 0 aliphatic rings. The van der Waals surface area contributed by atoms with Crippen molar-refractivity contribution in [2.45, 2.75) is 0 Å². The van der Waals surface area contributed by atoms with Crippen LogP contribution in [-0.4, -0.2) is 21.0 Å². The van der Waals surface area contributed by atoms with Crippen molar-refractivity contribution in [3.05, 3.63) is 10.5 Å². The van der Waals surface area contributed by atoms with E-state index in [-0.39, 0.29) is 18.3 Å². The lowest BCUT2D eigenvalue weighted by molar-refractivity contribution is 0.324. The molecule has 0 aromatic carbocycles. The summed E-state index contributed by atoms with van der Waals surface area (Å²) in [5.74, 6) is 7.11. The molecule has 1 rings (SSSR count). The molecular weight excluding hydrogens is 182 g/mol. The maximum Gasteiger partial charge on any atom is 0.348 e. The summed E-state index contributed by atoms with van der Waals surface area (Å²) in [5.41, 5.74) is -0.245. The van der Waals surface area contributed by atoms with Crippen LogP contribution in [0.2, 0.25) is 0 Å². The average molecular weight is 191 g/mol. The first-order chi connectivity index (χ1) is 6.66. The minimum absolute atomic E-state index is 0.120. The van der Waals surface area contributed by atoms with Crippen molar-refractivity contribution in [2.75, 3.05) is 6.61 Å². The molecule has 14 heavy (non-hydrogen) atoms. The van der Waals surface area contributed by atoms with Gasteiger partial charge in [0.05, 0.1) is 0 Å². The zero-order valence-corrected chi connectivity index (χ0v) is 7.94. The standard InChI is InChI=1S/C9H9N3O2/c1-4-5-6-7-14-8-10-12(3)9(13)11(8)2/h1H,7H2,2-3H3. The molecule has 0 N–H and O–H groups in total. The van der Waals surface area contributed by atoms with Crippen LogP contribution in [0, 0.1) is 24.2 Å². The van der Waals surface area contributed by atoms with Gasteiger partial charge in [0, 0.05) is 14.1 Å². The molecule has 5 nitrogen and oxygen atoms in total. The van der Waals surface area contributed by atoms with Crippen molar-refractivity contribution in [3.63, 3.8) is 0 Å². The fraction of sp³-hybridized carbons (Fsp3) is 0.333. The van der Waals surface area contributed by atoms with E-state index in [9.17, 15) is 4.79 Å². The van der Waals surface area contributed by atoms with Crippen LogP contribution in [0.1, 0.15) is 0 Å². The molecule has 0 bridgehead atoms. The highest BCUT2D eigenvalue weighted by molar-refractivity contribution is 5.22. The Morgan fingerprint density at radius 3 is 2.79 bits per heavy atom. The van der Waals surface area contributed by atoms with Gasteiger partial charge in [-0.25, -0.2) is 14.0 Å². The highest BCUT2D eigenvalue weighted by Crippen LogP contribution is 1.98. The predicted molar refractivity (Wildman–Crippen MR) is 50.6 cm³/mol.